The van der Waals surface area contributed by atoms with Gasteiger partial charge in [0.2, 0.25) is 5.91 Å². The number of rotatable bonds is 3. The summed E-state index contributed by atoms with van der Waals surface area (Å²) in [5.74, 6) is 1.11. The van der Waals surface area contributed by atoms with Crippen LogP contribution in [-0.2, 0) is 4.79 Å². The minimum atomic E-state index is 0.0148. The van der Waals surface area contributed by atoms with E-state index in [1.54, 1.807) is 25.4 Å². The number of hydrogen-bond acceptors (Lipinski definition) is 4. The normalized spacial score (nSPS) is 24.2. The van der Waals surface area contributed by atoms with Crippen molar-refractivity contribution in [1.29, 1.82) is 0 Å². The number of amides is 2. The first kappa shape index (κ1) is 19.0. The molecular formula is C22H26N2O3S. The van der Waals surface area contributed by atoms with Crippen LogP contribution in [0.2, 0.25) is 0 Å². The maximum absolute atomic E-state index is 13.3. The van der Waals surface area contributed by atoms with Crippen LogP contribution in [0.15, 0.2) is 36.4 Å². The lowest BCUT2D eigenvalue weighted by atomic mass is 9.86. The van der Waals surface area contributed by atoms with Crippen LogP contribution >= 0.6 is 11.3 Å². The number of carbonyl (C=O) groups is 2. The Hall–Kier alpha value is -2.34. The fraction of sp³-hybridized carbons (Fsp3) is 0.455. The third-order valence-corrected chi connectivity index (χ3v) is 7.01. The Morgan fingerprint density at radius 1 is 1.11 bits per heavy atom. The minimum absolute atomic E-state index is 0.0148. The Kier molecular flexibility index (Phi) is 5.15. The topological polar surface area (TPSA) is 49.9 Å². The molecule has 2 saturated heterocycles. The first-order valence-electron chi connectivity index (χ1n) is 9.78. The molecule has 3 heterocycles. The van der Waals surface area contributed by atoms with E-state index >= 15 is 0 Å². The Labute approximate surface area is 169 Å². The number of methoxy groups -OCH3 is 1. The highest BCUT2D eigenvalue weighted by molar-refractivity contribution is 7.13. The molecule has 0 saturated carbocycles. The summed E-state index contributed by atoms with van der Waals surface area (Å²) in [6, 6.07) is 12.1. The molecule has 2 amide bonds. The molecule has 2 aromatic rings. The molecule has 0 aliphatic carbocycles. The van der Waals surface area contributed by atoms with Crippen molar-refractivity contribution in [1.82, 2.24) is 9.80 Å². The highest BCUT2D eigenvalue weighted by Gasteiger charge is 2.49. The van der Waals surface area contributed by atoms with Gasteiger partial charge >= 0.3 is 0 Å². The predicted octanol–water partition coefficient (Wildman–Crippen LogP) is 3.68. The summed E-state index contributed by atoms with van der Waals surface area (Å²) < 4.78 is 5.29. The summed E-state index contributed by atoms with van der Waals surface area (Å²) in [6.45, 7) is 5.06. The third kappa shape index (κ3) is 3.30. The average molecular weight is 399 g/mol. The molecule has 2 fully saturated rings. The molecule has 0 spiro atoms. The minimum Gasteiger partial charge on any atom is -0.497 e. The number of thiophene rings is 1. The number of piperidine rings is 1. The van der Waals surface area contributed by atoms with Gasteiger partial charge in [0.05, 0.1) is 24.1 Å². The van der Waals surface area contributed by atoms with Crippen molar-refractivity contribution >= 4 is 23.2 Å². The maximum Gasteiger partial charge on any atom is 0.264 e. The number of likely N-dealkylation sites (tertiary alicyclic amines) is 2. The van der Waals surface area contributed by atoms with E-state index in [0.29, 0.717) is 6.54 Å². The standard InChI is InChI=1S/C22H26N2O3S/c1-14-6-11-20(28-14)22(26)23-12-4-5-19-21(23)18(13-24(19)15(2)25)16-7-9-17(27-3)10-8-16/h6-11,18-19,21H,4-5,12-13H2,1-3H3/t18-,19-,21-/m1/s1. The molecular weight excluding hydrogens is 372 g/mol. The molecule has 2 aliphatic heterocycles. The Bertz CT molecular complexity index is 876. The summed E-state index contributed by atoms with van der Waals surface area (Å²) in [5, 5.41) is 0. The monoisotopic (exact) mass is 398 g/mol. The summed E-state index contributed by atoms with van der Waals surface area (Å²) in [7, 11) is 1.66. The van der Waals surface area contributed by atoms with E-state index in [9.17, 15) is 9.59 Å². The molecule has 0 bridgehead atoms. The fourth-order valence-corrected chi connectivity index (χ4v) is 5.55. The molecule has 6 heteroatoms. The summed E-state index contributed by atoms with van der Waals surface area (Å²) >= 11 is 1.54. The zero-order valence-electron chi connectivity index (χ0n) is 16.6. The molecule has 3 atom stereocenters. The van der Waals surface area contributed by atoms with E-state index in [0.717, 1.165) is 40.5 Å². The van der Waals surface area contributed by atoms with E-state index in [2.05, 4.69) is 12.1 Å². The van der Waals surface area contributed by atoms with Crippen LogP contribution in [-0.4, -0.2) is 53.9 Å². The second-order valence-corrected chi connectivity index (χ2v) is 8.95. The van der Waals surface area contributed by atoms with Crippen molar-refractivity contribution < 1.29 is 14.3 Å². The lowest BCUT2D eigenvalue weighted by Crippen LogP contribution is -2.53. The quantitative estimate of drug-likeness (QED) is 0.792. The van der Waals surface area contributed by atoms with Gasteiger partial charge in [-0.05, 0) is 49.6 Å². The largest absolute Gasteiger partial charge is 0.497 e. The Morgan fingerprint density at radius 2 is 1.86 bits per heavy atom. The molecule has 0 unspecified atom stereocenters. The van der Waals surface area contributed by atoms with Gasteiger partial charge < -0.3 is 14.5 Å². The van der Waals surface area contributed by atoms with Crippen molar-refractivity contribution in [3.05, 3.63) is 51.7 Å². The van der Waals surface area contributed by atoms with Crippen molar-refractivity contribution in [2.75, 3.05) is 20.2 Å². The van der Waals surface area contributed by atoms with Crippen LogP contribution in [0.3, 0.4) is 0 Å². The van der Waals surface area contributed by atoms with Crippen molar-refractivity contribution in [2.24, 2.45) is 0 Å². The summed E-state index contributed by atoms with van der Waals surface area (Å²) in [4.78, 5) is 31.6. The first-order chi connectivity index (χ1) is 13.5. The van der Waals surface area contributed by atoms with E-state index in [4.69, 9.17) is 4.74 Å². The molecule has 148 valence electrons. The summed E-state index contributed by atoms with van der Waals surface area (Å²) in [6.07, 6.45) is 1.88. The van der Waals surface area contributed by atoms with Crippen LogP contribution in [0.25, 0.3) is 0 Å². The van der Waals surface area contributed by atoms with Crippen LogP contribution < -0.4 is 4.74 Å². The van der Waals surface area contributed by atoms with E-state index in [1.807, 2.05) is 41.0 Å². The number of fused-ring (bicyclic) bond motifs is 1. The number of carbonyl (C=O) groups excluding carboxylic acids is 2. The maximum atomic E-state index is 13.3. The van der Waals surface area contributed by atoms with Gasteiger partial charge in [0.1, 0.15) is 5.75 Å². The highest BCUT2D eigenvalue weighted by atomic mass is 32.1. The molecule has 5 nitrogen and oxygen atoms in total. The SMILES string of the molecule is COc1ccc([C@H]2CN(C(C)=O)[C@@H]3CCCN(C(=O)c4ccc(C)s4)[C@H]23)cc1. The molecule has 28 heavy (non-hydrogen) atoms. The third-order valence-electron chi connectivity index (χ3n) is 6.02. The zero-order chi connectivity index (χ0) is 19.8. The average Bonchev–Trinajstić information content (AvgIpc) is 3.31. The van der Waals surface area contributed by atoms with E-state index < -0.39 is 0 Å². The van der Waals surface area contributed by atoms with Crippen molar-refractivity contribution in [3.63, 3.8) is 0 Å². The van der Waals surface area contributed by atoms with Crippen LogP contribution in [0, 0.1) is 6.92 Å². The van der Waals surface area contributed by atoms with Gasteiger partial charge in [-0.2, -0.15) is 0 Å². The second kappa shape index (κ2) is 7.59. The van der Waals surface area contributed by atoms with Gasteiger partial charge in [0.25, 0.3) is 5.91 Å². The van der Waals surface area contributed by atoms with Gasteiger partial charge in [-0.25, -0.2) is 0 Å². The molecule has 0 N–H and O–H groups in total. The van der Waals surface area contributed by atoms with Gasteiger partial charge in [-0.1, -0.05) is 12.1 Å². The Balaban J connectivity index is 1.70. The fourth-order valence-electron chi connectivity index (χ4n) is 4.72. The lowest BCUT2D eigenvalue weighted by molar-refractivity contribution is -0.130. The molecule has 2 aliphatic rings. The van der Waals surface area contributed by atoms with Crippen molar-refractivity contribution in [2.45, 2.75) is 44.7 Å². The second-order valence-electron chi connectivity index (χ2n) is 7.66. The number of nitrogens with zero attached hydrogens (tertiary/aromatic N) is 2. The highest BCUT2D eigenvalue weighted by Crippen LogP contribution is 2.41. The van der Waals surface area contributed by atoms with Crippen LogP contribution in [0.1, 0.15) is 45.8 Å². The van der Waals surface area contributed by atoms with Crippen LogP contribution in [0.5, 0.6) is 5.75 Å². The van der Waals surface area contributed by atoms with Gasteiger partial charge in [-0.3, -0.25) is 9.59 Å². The Morgan fingerprint density at radius 3 is 2.46 bits per heavy atom. The van der Waals surface area contributed by atoms with Crippen molar-refractivity contribution in [3.8, 4) is 5.75 Å². The molecule has 4 rings (SSSR count). The zero-order valence-corrected chi connectivity index (χ0v) is 17.4. The number of ether oxygens (including phenoxy) is 1. The summed E-state index contributed by atoms with van der Waals surface area (Å²) in [5.41, 5.74) is 1.15. The van der Waals surface area contributed by atoms with Gasteiger partial charge in [-0.15, -0.1) is 11.3 Å². The van der Waals surface area contributed by atoms with Gasteiger partial charge in [0.15, 0.2) is 0 Å². The predicted molar refractivity (Wildman–Crippen MR) is 110 cm³/mol. The van der Waals surface area contributed by atoms with Gasteiger partial charge in [0, 0.05) is 30.8 Å². The molecule has 1 aromatic carbocycles. The number of benzene rings is 1. The molecule has 1 aromatic heterocycles. The van der Waals surface area contributed by atoms with E-state index in [1.165, 1.54) is 0 Å². The smallest absolute Gasteiger partial charge is 0.264 e. The lowest BCUT2D eigenvalue weighted by Gasteiger charge is -2.41. The molecule has 0 radical (unpaired) electrons. The first-order valence-corrected chi connectivity index (χ1v) is 10.6. The number of aryl methyl sites for hydroxylation is 1. The van der Waals surface area contributed by atoms with E-state index in [-0.39, 0.29) is 29.8 Å². The van der Waals surface area contributed by atoms with Crippen LogP contribution in [0.4, 0.5) is 0 Å². The number of hydrogen-bond donors (Lipinski definition) is 0.